The Bertz CT molecular complexity index is 1360. The fourth-order valence-corrected chi connectivity index (χ4v) is 5.10. The molecule has 1 N–H and O–H groups in total. The first-order valence-corrected chi connectivity index (χ1v) is 11.7. The van der Waals surface area contributed by atoms with Gasteiger partial charge in [0.2, 0.25) is 5.95 Å². The van der Waals surface area contributed by atoms with Crippen molar-refractivity contribution in [2.45, 2.75) is 32.7 Å². The third-order valence-corrected chi connectivity index (χ3v) is 6.68. The molecule has 35 heavy (non-hydrogen) atoms. The van der Waals surface area contributed by atoms with Gasteiger partial charge in [-0.1, -0.05) is 37.6 Å². The van der Waals surface area contributed by atoms with Gasteiger partial charge in [-0.15, -0.1) is 5.10 Å². The van der Waals surface area contributed by atoms with Crippen LogP contribution in [0.5, 0.6) is 17.2 Å². The average molecular weight is 495 g/mol. The van der Waals surface area contributed by atoms with Crippen LogP contribution in [0.4, 0.5) is 5.95 Å². The summed E-state index contributed by atoms with van der Waals surface area (Å²) in [6.45, 7) is 4.19. The average Bonchev–Trinajstić information content (AvgIpc) is 3.25. The molecule has 8 nitrogen and oxygen atoms in total. The number of hydrogen-bond acceptors (Lipinski definition) is 7. The minimum Gasteiger partial charge on any atom is -0.496 e. The molecule has 2 heterocycles. The maximum absolute atomic E-state index is 13.6. The highest BCUT2D eigenvalue weighted by Crippen LogP contribution is 2.49. The number of fused-ring (bicyclic) bond motifs is 1. The first kappa shape index (κ1) is 23.2. The van der Waals surface area contributed by atoms with Gasteiger partial charge in [-0.3, -0.25) is 4.79 Å². The number of benzene rings is 2. The van der Waals surface area contributed by atoms with E-state index in [4.69, 9.17) is 35.9 Å². The molecule has 0 bridgehead atoms. The largest absolute Gasteiger partial charge is 0.496 e. The summed E-state index contributed by atoms with van der Waals surface area (Å²) >= 11 is 6.22. The molecule has 1 unspecified atom stereocenters. The molecule has 0 spiro atoms. The van der Waals surface area contributed by atoms with Crippen LogP contribution in [-0.4, -0.2) is 41.9 Å². The fraction of sp³-hybridized carbons (Fsp3) is 0.346. The quantitative estimate of drug-likeness (QED) is 0.516. The lowest BCUT2D eigenvalue weighted by molar-refractivity contribution is -0.118. The Hall–Kier alpha value is -3.52. The van der Waals surface area contributed by atoms with E-state index in [1.165, 1.54) is 0 Å². The zero-order valence-electron chi connectivity index (χ0n) is 20.3. The summed E-state index contributed by atoms with van der Waals surface area (Å²) < 4.78 is 18.6. The molecule has 0 fully saturated rings. The molecule has 3 aromatic rings. The van der Waals surface area contributed by atoms with E-state index in [0.29, 0.717) is 52.5 Å². The minimum atomic E-state index is -0.556. The number of anilines is 1. The lowest BCUT2D eigenvalue weighted by Gasteiger charge is -2.38. The Morgan fingerprint density at radius 2 is 1.74 bits per heavy atom. The minimum absolute atomic E-state index is 0.0658. The lowest BCUT2D eigenvalue weighted by Crippen LogP contribution is -2.36. The molecule has 182 valence electrons. The van der Waals surface area contributed by atoms with Crippen molar-refractivity contribution in [3.8, 4) is 28.6 Å². The van der Waals surface area contributed by atoms with Crippen molar-refractivity contribution >= 4 is 23.3 Å². The maximum atomic E-state index is 13.6. The molecular formula is C26H27ClN4O4. The zero-order chi connectivity index (χ0) is 24.9. The van der Waals surface area contributed by atoms with Gasteiger partial charge < -0.3 is 19.5 Å². The van der Waals surface area contributed by atoms with Crippen LogP contribution < -0.4 is 19.5 Å². The molecular weight excluding hydrogens is 468 g/mol. The molecule has 0 saturated heterocycles. The molecule has 1 aromatic heterocycles. The van der Waals surface area contributed by atoms with Gasteiger partial charge in [0.05, 0.1) is 21.3 Å². The van der Waals surface area contributed by atoms with Crippen LogP contribution in [0.15, 0.2) is 47.7 Å². The smallest absolute Gasteiger partial charge is 0.226 e. The van der Waals surface area contributed by atoms with Crippen LogP contribution >= 0.6 is 11.6 Å². The van der Waals surface area contributed by atoms with Crippen molar-refractivity contribution in [3.05, 3.63) is 58.3 Å². The van der Waals surface area contributed by atoms with Crippen molar-refractivity contribution in [2.24, 2.45) is 5.41 Å². The summed E-state index contributed by atoms with van der Waals surface area (Å²) in [4.78, 5) is 18.3. The monoisotopic (exact) mass is 494 g/mol. The van der Waals surface area contributed by atoms with Gasteiger partial charge in [-0.05, 0) is 30.0 Å². The van der Waals surface area contributed by atoms with E-state index in [2.05, 4.69) is 19.2 Å². The van der Waals surface area contributed by atoms with E-state index >= 15 is 0 Å². The lowest BCUT2D eigenvalue weighted by atomic mass is 9.73. The Kier molecular flexibility index (Phi) is 5.71. The number of allylic oxidation sites excluding steroid dienone is 2. The van der Waals surface area contributed by atoms with Crippen molar-refractivity contribution in [1.82, 2.24) is 14.8 Å². The topological polar surface area (TPSA) is 87.5 Å². The Labute approximate surface area is 208 Å². The molecule has 1 aliphatic carbocycles. The number of hydrogen-bond donors (Lipinski definition) is 1. The second kappa shape index (κ2) is 8.61. The van der Waals surface area contributed by atoms with Gasteiger partial charge in [-0.2, -0.15) is 4.98 Å². The number of rotatable bonds is 5. The van der Waals surface area contributed by atoms with Gasteiger partial charge in [0.25, 0.3) is 0 Å². The summed E-state index contributed by atoms with van der Waals surface area (Å²) in [6, 6.07) is 10.4. The van der Waals surface area contributed by atoms with Crippen molar-refractivity contribution in [2.75, 3.05) is 26.6 Å². The number of carbonyl (C=O) groups is 1. The number of ketones is 1. The third kappa shape index (κ3) is 4.01. The number of nitrogens with zero attached hydrogens (tertiary/aromatic N) is 3. The number of ether oxygens (including phenoxy) is 3. The number of halogens is 1. The van der Waals surface area contributed by atoms with Gasteiger partial charge in [0.1, 0.15) is 11.8 Å². The fourth-order valence-electron chi connectivity index (χ4n) is 4.91. The number of nitrogens with one attached hydrogen (secondary N) is 1. The predicted octanol–water partition coefficient (Wildman–Crippen LogP) is 5.28. The predicted molar refractivity (Wildman–Crippen MR) is 133 cm³/mol. The van der Waals surface area contributed by atoms with E-state index < -0.39 is 6.04 Å². The Morgan fingerprint density at radius 3 is 2.43 bits per heavy atom. The number of methoxy groups -OCH3 is 3. The number of carbonyl (C=O) groups excluding carboxylic acids is 1. The van der Waals surface area contributed by atoms with E-state index in [9.17, 15) is 4.79 Å². The number of aromatic nitrogens is 3. The standard InChI is InChI=1S/C26H27ClN4O4/c1-26(2)12-17-22(18(32)13-26)23(16-10-20(34-4)21(35-5)11-19(16)33-3)31-25(28-17)29-24(30-31)14-7-6-8-15(27)9-14/h6-11,23H,12-13H2,1-5H3,(H,28,29,30). The van der Waals surface area contributed by atoms with E-state index in [1.54, 1.807) is 38.1 Å². The summed E-state index contributed by atoms with van der Waals surface area (Å²) in [5.74, 6) is 2.74. The second-order valence-electron chi connectivity index (χ2n) is 9.52. The molecule has 5 rings (SSSR count). The van der Waals surface area contributed by atoms with E-state index in [0.717, 1.165) is 16.8 Å². The molecule has 0 amide bonds. The van der Waals surface area contributed by atoms with Crippen LogP contribution in [0.3, 0.4) is 0 Å². The zero-order valence-corrected chi connectivity index (χ0v) is 21.1. The van der Waals surface area contributed by atoms with Gasteiger partial charge in [-0.25, -0.2) is 4.68 Å². The van der Waals surface area contributed by atoms with E-state index in [-0.39, 0.29) is 11.2 Å². The molecule has 0 saturated carbocycles. The van der Waals surface area contributed by atoms with Gasteiger partial charge in [0, 0.05) is 39.9 Å². The Balaban J connectivity index is 1.75. The molecule has 2 aliphatic rings. The molecule has 2 aromatic carbocycles. The highest BCUT2D eigenvalue weighted by molar-refractivity contribution is 6.30. The second-order valence-corrected chi connectivity index (χ2v) is 9.96. The van der Waals surface area contributed by atoms with Crippen LogP contribution in [0.25, 0.3) is 11.4 Å². The highest BCUT2D eigenvalue weighted by atomic mass is 35.5. The highest BCUT2D eigenvalue weighted by Gasteiger charge is 2.43. The van der Waals surface area contributed by atoms with Crippen LogP contribution in [-0.2, 0) is 4.79 Å². The third-order valence-electron chi connectivity index (χ3n) is 6.45. The van der Waals surface area contributed by atoms with Crippen LogP contribution in [0.2, 0.25) is 5.02 Å². The normalized spacial score (nSPS) is 18.5. The SMILES string of the molecule is COc1cc(OC)c(C2C3=C(CC(C)(C)CC3=O)Nc3nc(-c4cccc(Cl)c4)nn32)cc1OC. The van der Waals surface area contributed by atoms with E-state index in [1.807, 2.05) is 24.3 Å². The summed E-state index contributed by atoms with van der Waals surface area (Å²) in [7, 11) is 4.74. The Morgan fingerprint density at radius 1 is 1.03 bits per heavy atom. The summed E-state index contributed by atoms with van der Waals surface area (Å²) in [6.07, 6.45) is 1.14. The number of Topliss-reactive ketones (excluding diaryl/α,β-unsaturated/α-hetero) is 1. The maximum Gasteiger partial charge on any atom is 0.226 e. The van der Waals surface area contributed by atoms with Gasteiger partial charge in [0.15, 0.2) is 23.1 Å². The van der Waals surface area contributed by atoms with Crippen LogP contribution in [0.1, 0.15) is 38.3 Å². The van der Waals surface area contributed by atoms with Crippen molar-refractivity contribution in [1.29, 1.82) is 0 Å². The summed E-state index contributed by atoms with van der Waals surface area (Å²) in [5.41, 5.74) is 2.85. The molecule has 1 atom stereocenters. The van der Waals surface area contributed by atoms with Crippen LogP contribution in [0, 0.1) is 5.41 Å². The molecule has 0 radical (unpaired) electrons. The van der Waals surface area contributed by atoms with Crippen molar-refractivity contribution < 1.29 is 19.0 Å². The van der Waals surface area contributed by atoms with Gasteiger partial charge >= 0.3 is 0 Å². The van der Waals surface area contributed by atoms with Crippen molar-refractivity contribution in [3.63, 3.8) is 0 Å². The first-order valence-electron chi connectivity index (χ1n) is 11.3. The molecule has 1 aliphatic heterocycles. The first-order chi connectivity index (χ1) is 16.7. The molecule has 9 heteroatoms. The summed E-state index contributed by atoms with van der Waals surface area (Å²) in [5, 5.41) is 8.82.